The number of ether oxygens (including phenoxy) is 1. The molecule has 160 valence electrons. The van der Waals surface area contributed by atoms with E-state index in [0.717, 1.165) is 5.56 Å². The number of urea groups is 1. The summed E-state index contributed by atoms with van der Waals surface area (Å²) in [7, 11) is 0. The number of amides is 4. The highest BCUT2D eigenvalue weighted by molar-refractivity contribution is 6.08. The molecule has 2 aromatic carbocycles. The molecule has 0 aliphatic carbocycles. The third kappa shape index (κ3) is 5.04. The topological polar surface area (TPSA) is 137 Å². The Morgan fingerprint density at radius 3 is 2.48 bits per heavy atom. The molecule has 0 bridgehead atoms. The summed E-state index contributed by atoms with van der Waals surface area (Å²) in [6.45, 7) is 0.910. The van der Waals surface area contributed by atoms with E-state index in [4.69, 9.17) is 9.84 Å². The zero-order valence-electron chi connectivity index (χ0n) is 16.6. The maximum atomic E-state index is 12.6. The van der Waals surface area contributed by atoms with Gasteiger partial charge in [0, 0.05) is 0 Å². The van der Waals surface area contributed by atoms with Gasteiger partial charge in [-0.05, 0) is 23.6 Å². The predicted octanol–water partition coefficient (Wildman–Crippen LogP) is 1.80. The second-order valence-electron chi connectivity index (χ2n) is 6.89. The Morgan fingerprint density at radius 2 is 1.84 bits per heavy atom. The minimum absolute atomic E-state index is 0.119. The van der Waals surface area contributed by atoms with E-state index in [1.807, 2.05) is 30.3 Å². The van der Waals surface area contributed by atoms with Gasteiger partial charge in [-0.25, -0.2) is 15.0 Å². The summed E-state index contributed by atoms with van der Waals surface area (Å²) in [6.07, 6.45) is 0.684. The maximum absolute atomic E-state index is 12.6. The fourth-order valence-corrected chi connectivity index (χ4v) is 2.99. The summed E-state index contributed by atoms with van der Waals surface area (Å²) in [5.74, 6) is -1.93. The minimum atomic E-state index is -1.37. The lowest BCUT2D eigenvalue weighted by molar-refractivity contribution is -0.142. The van der Waals surface area contributed by atoms with Crippen LogP contribution in [0.3, 0.4) is 0 Å². The molecule has 1 saturated heterocycles. The van der Waals surface area contributed by atoms with Gasteiger partial charge in [0.25, 0.3) is 5.91 Å². The number of benzene rings is 2. The molecule has 3 N–H and O–H groups in total. The van der Waals surface area contributed by atoms with Gasteiger partial charge >= 0.3 is 18.1 Å². The van der Waals surface area contributed by atoms with E-state index in [-0.39, 0.29) is 6.61 Å². The molecule has 0 aromatic heterocycles. The van der Waals surface area contributed by atoms with Crippen LogP contribution in [0.5, 0.6) is 0 Å². The van der Waals surface area contributed by atoms with Crippen molar-refractivity contribution < 1.29 is 29.0 Å². The van der Waals surface area contributed by atoms with Crippen LogP contribution in [0.1, 0.15) is 23.6 Å². The first-order valence-corrected chi connectivity index (χ1v) is 9.26. The summed E-state index contributed by atoms with van der Waals surface area (Å²) in [5, 5.41) is 15.2. The standard InChI is InChI=1S/C21H20N4O6/c1-21(18(28)25(12-17(26)27)19(29)23-21)16-9-7-14(8-10-16)11-22-24-20(30)31-13-15-5-3-2-4-6-15/h2-11H,12-13H2,1H3,(H,23,29)(H,24,30)(H,26,27)/t21-/m0/s1. The largest absolute Gasteiger partial charge is 0.480 e. The molecule has 0 radical (unpaired) electrons. The van der Waals surface area contributed by atoms with E-state index in [2.05, 4.69) is 15.8 Å². The van der Waals surface area contributed by atoms with Gasteiger partial charge in [-0.3, -0.25) is 14.5 Å². The Balaban J connectivity index is 1.57. The Bertz CT molecular complexity index is 1020. The molecule has 1 atom stereocenters. The normalized spacial score (nSPS) is 18.2. The van der Waals surface area contributed by atoms with Crippen molar-refractivity contribution in [1.82, 2.24) is 15.6 Å². The van der Waals surface area contributed by atoms with Crippen LogP contribution in [0, 0.1) is 0 Å². The van der Waals surface area contributed by atoms with E-state index in [1.165, 1.54) is 13.1 Å². The lowest BCUT2D eigenvalue weighted by atomic mass is 9.91. The van der Waals surface area contributed by atoms with Gasteiger partial charge in [0.2, 0.25) is 0 Å². The van der Waals surface area contributed by atoms with Crippen molar-refractivity contribution in [3.63, 3.8) is 0 Å². The Labute approximate surface area is 177 Å². The molecule has 3 rings (SSSR count). The van der Waals surface area contributed by atoms with Crippen LogP contribution in [0.15, 0.2) is 59.7 Å². The smallest absolute Gasteiger partial charge is 0.428 e. The Kier molecular flexibility index (Phi) is 6.29. The summed E-state index contributed by atoms with van der Waals surface area (Å²) in [6, 6.07) is 14.9. The van der Waals surface area contributed by atoms with Crippen LogP contribution in [-0.2, 0) is 26.5 Å². The number of carboxylic acids is 1. The van der Waals surface area contributed by atoms with Crippen molar-refractivity contribution in [2.24, 2.45) is 5.10 Å². The highest BCUT2D eigenvalue weighted by atomic mass is 16.6. The number of hydrogen-bond donors (Lipinski definition) is 3. The molecule has 1 aliphatic rings. The van der Waals surface area contributed by atoms with Crippen LogP contribution in [0.4, 0.5) is 9.59 Å². The van der Waals surface area contributed by atoms with Crippen molar-refractivity contribution in [3.8, 4) is 0 Å². The number of carbonyl (C=O) groups is 4. The fraction of sp³-hybridized carbons (Fsp3) is 0.190. The number of rotatable bonds is 7. The molecule has 1 fully saturated rings. The maximum Gasteiger partial charge on any atom is 0.428 e. The monoisotopic (exact) mass is 424 g/mol. The van der Waals surface area contributed by atoms with E-state index in [9.17, 15) is 19.2 Å². The average Bonchev–Trinajstić information content (AvgIpc) is 2.97. The van der Waals surface area contributed by atoms with Gasteiger partial charge in [0.05, 0.1) is 6.21 Å². The van der Waals surface area contributed by atoms with E-state index < -0.39 is 36.1 Å². The van der Waals surface area contributed by atoms with Crippen molar-refractivity contribution >= 4 is 30.2 Å². The average molecular weight is 424 g/mol. The first-order chi connectivity index (χ1) is 14.8. The molecule has 10 nitrogen and oxygen atoms in total. The van der Waals surface area contributed by atoms with Crippen LogP contribution in [-0.4, -0.2) is 46.8 Å². The summed E-state index contributed by atoms with van der Waals surface area (Å²) >= 11 is 0. The second-order valence-corrected chi connectivity index (χ2v) is 6.89. The number of imide groups is 1. The Hall–Kier alpha value is -4.21. The molecule has 4 amide bonds. The molecular weight excluding hydrogens is 404 g/mol. The number of carboxylic acid groups (broad SMARTS) is 1. The highest BCUT2D eigenvalue weighted by Crippen LogP contribution is 2.28. The first-order valence-electron chi connectivity index (χ1n) is 9.26. The molecule has 10 heteroatoms. The molecule has 0 spiro atoms. The zero-order chi connectivity index (χ0) is 22.4. The molecular formula is C21H20N4O6. The summed E-state index contributed by atoms with van der Waals surface area (Å²) in [4.78, 5) is 47.8. The molecule has 0 unspecified atom stereocenters. The number of nitrogens with zero attached hydrogens (tertiary/aromatic N) is 2. The molecule has 2 aromatic rings. The van der Waals surface area contributed by atoms with Crippen molar-refractivity contribution in [2.75, 3.05) is 6.54 Å². The van der Waals surface area contributed by atoms with E-state index >= 15 is 0 Å². The predicted molar refractivity (Wildman–Crippen MR) is 109 cm³/mol. The van der Waals surface area contributed by atoms with Gasteiger partial charge in [-0.1, -0.05) is 54.6 Å². The first kappa shape index (κ1) is 21.5. The van der Waals surface area contributed by atoms with Crippen molar-refractivity contribution in [2.45, 2.75) is 19.1 Å². The van der Waals surface area contributed by atoms with Crippen LogP contribution in [0.25, 0.3) is 0 Å². The van der Waals surface area contributed by atoms with Gasteiger partial charge in [0.15, 0.2) is 0 Å². The highest BCUT2D eigenvalue weighted by Gasteiger charge is 2.49. The van der Waals surface area contributed by atoms with Gasteiger partial charge < -0.3 is 15.2 Å². The summed E-state index contributed by atoms with van der Waals surface area (Å²) < 4.78 is 5.04. The van der Waals surface area contributed by atoms with Crippen molar-refractivity contribution in [3.05, 3.63) is 71.3 Å². The molecule has 31 heavy (non-hydrogen) atoms. The molecule has 1 heterocycles. The van der Waals surface area contributed by atoms with E-state index in [1.54, 1.807) is 24.3 Å². The number of hydrogen-bond acceptors (Lipinski definition) is 6. The van der Waals surface area contributed by atoms with Gasteiger partial charge in [-0.2, -0.15) is 5.10 Å². The minimum Gasteiger partial charge on any atom is -0.480 e. The Morgan fingerprint density at radius 1 is 1.16 bits per heavy atom. The zero-order valence-corrected chi connectivity index (χ0v) is 16.6. The van der Waals surface area contributed by atoms with Gasteiger partial charge in [-0.15, -0.1) is 0 Å². The summed E-state index contributed by atoms with van der Waals surface area (Å²) in [5.41, 5.74) is 2.82. The van der Waals surface area contributed by atoms with Crippen LogP contribution in [0.2, 0.25) is 0 Å². The SMILES string of the molecule is C[C@@]1(c2ccc(C=NNC(=O)OCc3ccccc3)cc2)NC(=O)N(CC(=O)O)C1=O. The number of carbonyl (C=O) groups excluding carboxylic acids is 3. The third-order valence-corrected chi connectivity index (χ3v) is 4.64. The van der Waals surface area contributed by atoms with Gasteiger partial charge in [0.1, 0.15) is 18.7 Å². The number of nitrogens with one attached hydrogen (secondary N) is 2. The van der Waals surface area contributed by atoms with Crippen LogP contribution < -0.4 is 10.7 Å². The lowest BCUT2D eigenvalue weighted by Gasteiger charge is -2.22. The molecule has 0 saturated carbocycles. The van der Waals surface area contributed by atoms with E-state index in [0.29, 0.717) is 16.0 Å². The lowest BCUT2D eigenvalue weighted by Crippen LogP contribution is -2.41. The second kappa shape index (κ2) is 9.08. The van der Waals surface area contributed by atoms with Crippen molar-refractivity contribution in [1.29, 1.82) is 0 Å². The number of hydrazone groups is 1. The molecule has 1 aliphatic heterocycles. The number of aliphatic carboxylic acids is 1. The quantitative estimate of drug-likeness (QED) is 0.352. The third-order valence-electron chi connectivity index (χ3n) is 4.64. The fourth-order valence-electron chi connectivity index (χ4n) is 2.99. The van der Waals surface area contributed by atoms with Crippen LogP contribution >= 0.6 is 0 Å².